The van der Waals surface area contributed by atoms with E-state index < -0.39 is 26.6 Å². The number of phosphoric acid groups is 1. The molecule has 8 nitrogen and oxygen atoms in total. The molecule has 0 heterocycles. The second kappa shape index (κ2) is 60.2. The number of amides is 1. The molecule has 0 spiro atoms. The third-order valence-corrected chi connectivity index (χ3v) is 14.8. The zero-order valence-electron chi connectivity index (χ0n) is 52.2. The van der Waals surface area contributed by atoms with Crippen molar-refractivity contribution in [3.8, 4) is 0 Å². The summed E-state index contributed by atoms with van der Waals surface area (Å²) in [6.45, 7) is 4.51. The van der Waals surface area contributed by atoms with Crippen LogP contribution in [-0.2, 0) is 18.4 Å². The average Bonchev–Trinajstić information content (AvgIpc) is 3.42. The van der Waals surface area contributed by atoms with Crippen molar-refractivity contribution >= 4 is 13.7 Å². The molecule has 0 aliphatic carbocycles. The van der Waals surface area contributed by atoms with Gasteiger partial charge in [-0.05, 0) is 103 Å². The van der Waals surface area contributed by atoms with E-state index in [0.29, 0.717) is 17.4 Å². The van der Waals surface area contributed by atoms with E-state index in [2.05, 4.69) is 141 Å². The van der Waals surface area contributed by atoms with E-state index in [4.69, 9.17) is 9.05 Å². The van der Waals surface area contributed by atoms with Gasteiger partial charge < -0.3 is 28.8 Å². The van der Waals surface area contributed by atoms with Crippen molar-refractivity contribution in [1.29, 1.82) is 0 Å². The molecule has 1 amide bonds. The van der Waals surface area contributed by atoms with E-state index in [-0.39, 0.29) is 12.5 Å². The number of likely N-dealkylation sites (N-methyl/N-ethyl adjacent to an activating group) is 1. The van der Waals surface area contributed by atoms with Crippen LogP contribution >= 0.6 is 7.82 Å². The molecule has 9 heteroatoms. The maximum absolute atomic E-state index is 13.0. The smallest absolute Gasteiger partial charge is 0.268 e. The van der Waals surface area contributed by atoms with Gasteiger partial charge in [0.05, 0.1) is 39.9 Å². The molecule has 3 atom stereocenters. The summed E-state index contributed by atoms with van der Waals surface area (Å²) in [6, 6.07) is -0.914. The molecule has 0 aromatic heterocycles. The maximum atomic E-state index is 13.0. The van der Waals surface area contributed by atoms with Crippen molar-refractivity contribution in [2.75, 3.05) is 40.9 Å². The average molecular weight is 1130 g/mol. The number of nitrogens with one attached hydrogen (secondary N) is 1. The number of hydrogen-bond acceptors (Lipinski definition) is 6. The minimum Gasteiger partial charge on any atom is -0.756 e. The standard InChI is InChI=1S/C71H123N2O6P/c1-6-8-10-12-14-16-18-20-22-24-26-27-28-29-30-31-32-33-34-35-36-37-38-39-40-41-42-43-44-45-47-49-51-53-55-57-59-61-63-65-71(75)72-69(68-79-80(76,77)78-67-66-73(3,4)5)70(74)64-62-60-58-56-54-52-50-48-46-25-23-21-19-17-15-13-11-9-7-2/h8,10,14,16,20,22,26-27,29-30,32-33,35-36,38-39,41-42,54,56,62,64,69-70,74H,6-7,9,11-13,15,17-19,21,23-25,28,31,34,37,40,43-53,55,57-61,63,65-68H2,1-5H3,(H-,72,75,76,77)/b10-8-,16-14-,22-20-,27-26-,30-29-,33-32-,36-35-,39-38-,42-41-,56-54+,64-62+. The van der Waals surface area contributed by atoms with E-state index >= 15 is 0 Å². The lowest BCUT2D eigenvalue weighted by atomic mass is 10.0. The summed E-state index contributed by atoms with van der Waals surface area (Å²) in [6.07, 6.45) is 91.2. The van der Waals surface area contributed by atoms with Gasteiger partial charge in [0.1, 0.15) is 13.2 Å². The highest BCUT2D eigenvalue weighted by Crippen LogP contribution is 2.38. The number of carbonyl (C=O) groups excluding carboxylic acids is 1. The number of unbranched alkanes of at least 4 members (excludes halogenated alkanes) is 25. The Kier molecular flexibility index (Phi) is 57.7. The molecular weight excluding hydrogens is 1010 g/mol. The summed E-state index contributed by atoms with van der Waals surface area (Å²) < 4.78 is 23.4. The summed E-state index contributed by atoms with van der Waals surface area (Å²) in [4.78, 5) is 25.6. The van der Waals surface area contributed by atoms with Crippen molar-refractivity contribution in [2.24, 2.45) is 0 Å². The fourth-order valence-corrected chi connectivity index (χ4v) is 9.53. The van der Waals surface area contributed by atoms with Crippen molar-refractivity contribution < 1.29 is 32.9 Å². The van der Waals surface area contributed by atoms with Crippen LogP contribution in [0.25, 0.3) is 0 Å². The molecule has 0 fully saturated rings. The normalized spacial score (nSPS) is 14.6. The van der Waals surface area contributed by atoms with Gasteiger partial charge in [-0.2, -0.15) is 0 Å². The molecule has 458 valence electrons. The number of aliphatic hydroxyl groups is 1. The molecule has 0 radical (unpaired) electrons. The fourth-order valence-electron chi connectivity index (χ4n) is 8.81. The van der Waals surface area contributed by atoms with Gasteiger partial charge in [-0.25, -0.2) is 0 Å². The van der Waals surface area contributed by atoms with Crippen LogP contribution in [0.5, 0.6) is 0 Å². The predicted octanol–water partition coefficient (Wildman–Crippen LogP) is 20.0. The molecule has 2 N–H and O–H groups in total. The van der Waals surface area contributed by atoms with Crippen LogP contribution in [0.3, 0.4) is 0 Å². The van der Waals surface area contributed by atoms with E-state index in [9.17, 15) is 19.4 Å². The Labute approximate surface area is 494 Å². The number of quaternary nitrogens is 1. The van der Waals surface area contributed by atoms with Gasteiger partial charge >= 0.3 is 0 Å². The first-order valence-corrected chi connectivity index (χ1v) is 34.0. The Morgan fingerprint density at radius 2 is 0.775 bits per heavy atom. The molecule has 0 aliphatic heterocycles. The first-order chi connectivity index (χ1) is 39.0. The Balaban J connectivity index is 4.14. The Hall–Kier alpha value is -3.36. The summed E-state index contributed by atoms with van der Waals surface area (Å²) in [5.74, 6) is -0.214. The molecule has 0 saturated heterocycles. The lowest BCUT2D eigenvalue weighted by Crippen LogP contribution is -2.45. The largest absolute Gasteiger partial charge is 0.756 e. The molecule has 0 aromatic carbocycles. The zero-order chi connectivity index (χ0) is 58.4. The molecule has 80 heavy (non-hydrogen) atoms. The Morgan fingerprint density at radius 3 is 1.16 bits per heavy atom. The number of phosphoric ester groups is 1. The molecule has 0 saturated carbocycles. The molecule has 0 bridgehead atoms. The van der Waals surface area contributed by atoms with Crippen LogP contribution in [0.4, 0.5) is 0 Å². The number of hydrogen-bond donors (Lipinski definition) is 2. The van der Waals surface area contributed by atoms with Crippen LogP contribution in [-0.4, -0.2) is 68.5 Å². The number of carbonyl (C=O) groups is 1. The molecule has 0 aromatic rings. The summed E-state index contributed by atoms with van der Waals surface area (Å²) >= 11 is 0. The Morgan fingerprint density at radius 1 is 0.450 bits per heavy atom. The van der Waals surface area contributed by atoms with Gasteiger partial charge in [-0.1, -0.05) is 282 Å². The number of aliphatic hydroxyl groups excluding tert-OH is 1. The van der Waals surface area contributed by atoms with Crippen LogP contribution in [0.15, 0.2) is 134 Å². The lowest BCUT2D eigenvalue weighted by Gasteiger charge is -2.29. The second-order valence-corrected chi connectivity index (χ2v) is 24.1. The van der Waals surface area contributed by atoms with E-state index in [1.54, 1.807) is 6.08 Å². The van der Waals surface area contributed by atoms with Crippen molar-refractivity contribution in [3.63, 3.8) is 0 Å². The van der Waals surface area contributed by atoms with Gasteiger partial charge in [0.25, 0.3) is 7.82 Å². The van der Waals surface area contributed by atoms with Gasteiger partial charge in [0, 0.05) is 6.42 Å². The third kappa shape index (κ3) is 62.2. The summed E-state index contributed by atoms with van der Waals surface area (Å²) in [5.41, 5.74) is 0. The van der Waals surface area contributed by atoms with Crippen LogP contribution in [0.2, 0.25) is 0 Å². The van der Waals surface area contributed by atoms with Gasteiger partial charge in [0.15, 0.2) is 0 Å². The molecule has 3 unspecified atom stereocenters. The van der Waals surface area contributed by atoms with Gasteiger partial charge in [0.2, 0.25) is 5.91 Å². The minimum absolute atomic E-state index is 0.0125. The van der Waals surface area contributed by atoms with Crippen LogP contribution in [0.1, 0.15) is 258 Å². The lowest BCUT2D eigenvalue weighted by molar-refractivity contribution is -0.870. The first-order valence-electron chi connectivity index (χ1n) is 32.5. The maximum Gasteiger partial charge on any atom is 0.268 e. The highest BCUT2D eigenvalue weighted by molar-refractivity contribution is 7.45. The Bertz CT molecular complexity index is 1760. The third-order valence-electron chi connectivity index (χ3n) is 13.8. The summed E-state index contributed by atoms with van der Waals surface area (Å²) in [5, 5.41) is 13.9. The zero-order valence-corrected chi connectivity index (χ0v) is 53.1. The molecule has 0 rings (SSSR count). The second-order valence-electron chi connectivity index (χ2n) is 22.7. The molecule has 0 aliphatic rings. The van der Waals surface area contributed by atoms with E-state index in [0.717, 1.165) is 103 Å². The van der Waals surface area contributed by atoms with Crippen LogP contribution in [0, 0.1) is 0 Å². The highest BCUT2D eigenvalue weighted by atomic mass is 31.2. The number of allylic oxidation sites excluding steroid dienone is 21. The number of nitrogens with zero attached hydrogens (tertiary/aromatic N) is 1. The van der Waals surface area contributed by atoms with E-state index in [1.165, 1.54) is 135 Å². The minimum atomic E-state index is -4.62. The fraction of sp³-hybridized carbons (Fsp3) is 0.676. The van der Waals surface area contributed by atoms with E-state index in [1.807, 2.05) is 27.2 Å². The summed E-state index contributed by atoms with van der Waals surface area (Å²) in [7, 11) is 1.23. The van der Waals surface area contributed by atoms with Crippen molar-refractivity contribution in [3.05, 3.63) is 134 Å². The van der Waals surface area contributed by atoms with Crippen molar-refractivity contribution in [1.82, 2.24) is 5.32 Å². The highest BCUT2D eigenvalue weighted by Gasteiger charge is 2.23. The van der Waals surface area contributed by atoms with Crippen LogP contribution < -0.4 is 10.2 Å². The topological polar surface area (TPSA) is 108 Å². The predicted molar refractivity (Wildman–Crippen MR) is 348 cm³/mol. The van der Waals surface area contributed by atoms with Gasteiger partial charge in [-0.3, -0.25) is 9.36 Å². The quantitative estimate of drug-likeness (QED) is 0.0272. The SMILES string of the molecule is CC/C=C\C/C=C\C/C=C\C/C=C\C/C=C\C/C=C\C/C=C\C/C=C\C/C=C\CCCCCCCCCCCCCC(=O)NC(COP(=O)([O-])OCC[N+](C)(C)C)C(O)/C=C/CC/C=C/CCCCCCCCCCCCCCC. The number of rotatable bonds is 58. The van der Waals surface area contributed by atoms with Crippen molar-refractivity contribution in [2.45, 2.75) is 270 Å². The monoisotopic (exact) mass is 1130 g/mol. The first kappa shape index (κ1) is 76.6. The van der Waals surface area contributed by atoms with Gasteiger partial charge in [-0.15, -0.1) is 0 Å². The molecular formula is C71H123N2O6P.